The van der Waals surface area contributed by atoms with Crippen LogP contribution in [0, 0.1) is 6.92 Å². The van der Waals surface area contributed by atoms with Gasteiger partial charge in [0.25, 0.3) is 5.91 Å². The lowest BCUT2D eigenvalue weighted by molar-refractivity contribution is -0.137. The molecule has 0 saturated heterocycles. The highest BCUT2D eigenvalue weighted by atomic mass is 19.4. The molecule has 0 atom stereocenters. The van der Waals surface area contributed by atoms with Gasteiger partial charge < -0.3 is 5.32 Å². The van der Waals surface area contributed by atoms with E-state index in [0.29, 0.717) is 17.8 Å². The zero-order valence-electron chi connectivity index (χ0n) is 15.3. The Morgan fingerprint density at radius 3 is 2.57 bits per heavy atom. The molecule has 3 aromatic rings. The molecule has 1 heterocycles. The van der Waals surface area contributed by atoms with Crippen molar-refractivity contribution < 1.29 is 18.0 Å². The van der Waals surface area contributed by atoms with Gasteiger partial charge in [-0.15, -0.1) is 0 Å². The molecule has 0 aliphatic heterocycles. The van der Waals surface area contributed by atoms with Gasteiger partial charge in [-0.1, -0.05) is 36.4 Å². The van der Waals surface area contributed by atoms with E-state index in [2.05, 4.69) is 10.4 Å². The highest BCUT2D eigenvalue weighted by Gasteiger charge is 2.30. The molecule has 0 radical (unpaired) electrons. The summed E-state index contributed by atoms with van der Waals surface area (Å²) in [6.07, 6.45) is -1.42. The van der Waals surface area contributed by atoms with Gasteiger partial charge in [0.2, 0.25) is 0 Å². The van der Waals surface area contributed by atoms with Crippen molar-refractivity contribution in [1.82, 2.24) is 15.1 Å². The number of hydrogen-bond acceptors (Lipinski definition) is 2. The number of aromatic nitrogens is 2. The monoisotopic (exact) mass is 387 g/mol. The van der Waals surface area contributed by atoms with Gasteiger partial charge in [-0.05, 0) is 43.5 Å². The number of rotatable bonds is 6. The number of halogens is 3. The maximum atomic E-state index is 12.9. The Labute approximate surface area is 161 Å². The highest BCUT2D eigenvalue weighted by Crippen LogP contribution is 2.30. The Morgan fingerprint density at radius 1 is 1.11 bits per heavy atom. The number of nitrogens with zero attached hydrogens (tertiary/aromatic N) is 2. The smallest absolute Gasteiger partial charge is 0.352 e. The minimum absolute atomic E-state index is 0.260. The van der Waals surface area contributed by atoms with Crippen molar-refractivity contribution in [3.8, 4) is 5.69 Å². The number of alkyl halides is 3. The molecule has 0 aliphatic carbocycles. The minimum Gasteiger partial charge on any atom is -0.352 e. The van der Waals surface area contributed by atoms with Crippen LogP contribution in [-0.2, 0) is 12.6 Å². The second-order valence-corrected chi connectivity index (χ2v) is 6.45. The molecule has 0 spiro atoms. The number of hydrogen-bond donors (Lipinski definition) is 1. The van der Waals surface area contributed by atoms with Crippen LogP contribution in [0.2, 0.25) is 0 Å². The number of carbonyl (C=O) groups is 1. The summed E-state index contributed by atoms with van der Waals surface area (Å²) in [5, 5.41) is 6.93. The summed E-state index contributed by atoms with van der Waals surface area (Å²) in [7, 11) is 0. The van der Waals surface area contributed by atoms with Crippen molar-refractivity contribution in [2.24, 2.45) is 0 Å². The quantitative estimate of drug-likeness (QED) is 0.630. The molecule has 146 valence electrons. The Hall–Kier alpha value is -3.09. The Morgan fingerprint density at radius 2 is 1.86 bits per heavy atom. The molecule has 0 bridgehead atoms. The molecule has 3 rings (SSSR count). The second kappa shape index (κ2) is 8.29. The number of carbonyl (C=O) groups excluding carboxylic acids is 1. The molecule has 1 aromatic heterocycles. The van der Waals surface area contributed by atoms with E-state index in [1.807, 2.05) is 30.3 Å². The standard InChI is InChI=1S/C21H20F3N3O/c1-15-19(20(28)25-12-6-9-16-7-3-2-4-8-16)14-26-27(15)18-11-5-10-17(13-18)21(22,23)24/h2-5,7-8,10-11,13-14H,6,9,12H2,1H3,(H,25,28). The van der Waals surface area contributed by atoms with Crippen LogP contribution in [0.15, 0.2) is 60.8 Å². The van der Waals surface area contributed by atoms with Crippen LogP contribution in [0.5, 0.6) is 0 Å². The Balaban J connectivity index is 1.65. The molecule has 0 unspecified atom stereocenters. The van der Waals surface area contributed by atoms with Crippen molar-refractivity contribution in [2.75, 3.05) is 6.54 Å². The molecular formula is C21H20F3N3O. The number of benzene rings is 2. The molecule has 0 saturated carbocycles. The van der Waals surface area contributed by atoms with Crippen LogP contribution in [0.3, 0.4) is 0 Å². The number of amides is 1. The largest absolute Gasteiger partial charge is 0.416 e. The third-order valence-electron chi connectivity index (χ3n) is 4.44. The minimum atomic E-state index is -4.43. The van der Waals surface area contributed by atoms with Gasteiger partial charge in [-0.3, -0.25) is 4.79 Å². The van der Waals surface area contributed by atoms with E-state index < -0.39 is 11.7 Å². The van der Waals surface area contributed by atoms with E-state index >= 15 is 0 Å². The van der Waals surface area contributed by atoms with Gasteiger partial charge in [0.15, 0.2) is 0 Å². The predicted octanol–water partition coefficient (Wildman–Crippen LogP) is 4.56. The van der Waals surface area contributed by atoms with Crippen LogP contribution < -0.4 is 5.32 Å². The predicted molar refractivity (Wildman–Crippen MR) is 100 cm³/mol. The Kier molecular flexibility index (Phi) is 5.82. The number of nitrogens with one attached hydrogen (secondary N) is 1. The van der Waals surface area contributed by atoms with Crippen molar-refractivity contribution in [3.63, 3.8) is 0 Å². The Bertz CT molecular complexity index is 949. The number of aryl methyl sites for hydroxylation is 1. The third kappa shape index (κ3) is 4.60. The zero-order valence-corrected chi connectivity index (χ0v) is 15.3. The lowest BCUT2D eigenvalue weighted by Crippen LogP contribution is -2.25. The summed E-state index contributed by atoms with van der Waals surface area (Å²) in [6, 6.07) is 14.8. The van der Waals surface area contributed by atoms with E-state index in [-0.39, 0.29) is 11.6 Å². The lowest BCUT2D eigenvalue weighted by Gasteiger charge is -2.10. The summed E-state index contributed by atoms with van der Waals surface area (Å²) in [6.45, 7) is 2.16. The molecule has 1 amide bonds. The topological polar surface area (TPSA) is 46.9 Å². The maximum absolute atomic E-state index is 12.9. The molecule has 0 fully saturated rings. The molecule has 7 heteroatoms. The first kappa shape index (κ1) is 19.7. The summed E-state index contributed by atoms with van der Waals surface area (Å²) < 4.78 is 40.1. The van der Waals surface area contributed by atoms with Gasteiger partial charge in [0, 0.05) is 6.54 Å². The summed E-state index contributed by atoms with van der Waals surface area (Å²) >= 11 is 0. The van der Waals surface area contributed by atoms with Gasteiger partial charge in [-0.2, -0.15) is 18.3 Å². The van der Waals surface area contributed by atoms with Crippen molar-refractivity contribution in [1.29, 1.82) is 0 Å². The van der Waals surface area contributed by atoms with Crippen LogP contribution in [0.4, 0.5) is 13.2 Å². The fraction of sp³-hybridized carbons (Fsp3) is 0.238. The molecule has 1 N–H and O–H groups in total. The fourth-order valence-electron chi connectivity index (χ4n) is 2.94. The van der Waals surface area contributed by atoms with Gasteiger partial charge in [0.05, 0.1) is 28.7 Å². The summed E-state index contributed by atoms with van der Waals surface area (Å²) in [4.78, 5) is 12.4. The lowest BCUT2D eigenvalue weighted by atomic mass is 10.1. The van der Waals surface area contributed by atoms with Crippen LogP contribution in [0.25, 0.3) is 5.69 Å². The molecule has 2 aromatic carbocycles. The zero-order chi connectivity index (χ0) is 20.1. The third-order valence-corrected chi connectivity index (χ3v) is 4.44. The molecular weight excluding hydrogens is 367 g/mol. The molecule has 0 aliphatic rings. The second-order valence-electron chi connectivity index (χ2n) is 6.45. The van der Waals surface area contributed by atoms with E-state index in [9.17, 15) is 18.0 Å². The van der Waals surface area contributed by atoms with Crippen molar-refractivity contribution in [2.45, 2.75) is 25.9 Å². The van der Waals surface area contributed by atoms with E-state index in [1.54, 1.807) is 6.92 Å². The normalized spacial score (nSPS) is 11.4. The highest BCUT2D eigenvalue weighted by molar-refractivity contribution is 5.95. The van der Waals surface area contributed by atoms with Gasteiger partial charge in [-0.25, -0.2) is 4.68 Å². The van der Waals surface area contributed by atoms with E-state index in [4.69, 9.17) is 0 Å². The van der Waals surface area contributed by atoms with Crippen molar-refractivity contribution in [3.05, 3.63) is 83.2 Å². The first-order valence-corrected chi connectivity index (χ1v) is 8.90. The van der Waals surface area contributed by atoms with Gasteiger partial charge in [0.1, 0.15) is 0 Å². The average molecular weight is 387 g/mol. The average Bonchev–Trinajstić information content (AvgIpc) is 3.07. The van der Waals surface area contributed by atoms with Crippen LogP contribution >= 0.6 is 0 Å². The SMILES string of the molecule is Cc1c(C(=O)NCCCc2ccccc2)cnn1-c1cccc(C(F)(F)F)c1. The first-order chi connectivity index (χ1) is 13.4. The van der Waals surface area contributed by atoms with E-state index in [1.165, 1.54) is 28.6 Å². The summed E-state index contributed by atoms with van der Waals surface area (Å²) in [5.41, 5.74) is 1.53. The summed E-state index contributed by atoms with van der Waals surface area (Å²) in [5.74, 6) is -0.288. The van der Waals surface area contributed by atoms with Crippen LogP contribution in [-0.4, -0.2) is 22.2 Å². The maximum Gasteiger partial charge on any atom is 0.416 e. The fourth-order valence-corrected chi connectivity index (χ4v) is 2.94. The molecule has 4 nitrogen and oxygen atoms in total. The van der Waals surface area contributed by atoms with E-state index in [0.717, 1.165) is 25.0 Å². The van der Waals surface area contributed by atoms with Gasteiger partial charge >= 0.3 is 6.18 Å². The van der Waals surface area contributed by atoms with Crippen molar-refractivity contribution >= 4 is 5.91 Å². The molecule has 28 heavy (non-hydrogen) atoms. The van der Waals surface area contributed by atoms with Crippen LogP contribution in [0.1, 0.15) is 33.6 Å². The first-order valence-electron chi connectivity index (χ1n) is 8.90.